The molecule has 0 unspecified atom stereocenters. The van der Waals surface area contributed by atoms with Gasteiger partial charge in [-0.05, 0) is 68.8 Å². The molecule has 1 amide bonds. The third-order valence-corrected chi connectivity index (χ3v) is 7.74. The van der Waals surface area contributed by atoms with E-state index in [2.05, 4.69) is 31.0 Å². The normalized spacial score (nSPS) is 27.5. The number of amides is 1. The van der Waals surface area contributed by atoms with Crippen LogP contribution in [0.2, 0.25) is 0 Å². The first kappa shape index (κ1) is 21.3. The van der Waals surface area contributed by atoms with Crippen molar-refractivity contribution in [3.05, 3.63) is 24.3 Å². The summed E-state index contributed by atoms with van der Waals surface area (Å²) in [5, 5.41) is 2.89. The highest BCUT2D eigenvalue weighted by Crippen LogP contribution is 2.27. The number of hydrogen-bond acceptors (Lipinski definition) is 4. The number of benzene rings is 1. The van der Waals surface area contributed by atoms with Crippen LogP contribution in [0.4, 0.5) is 5.69 Å². The second-order valence-corrected chi connectivity index (χ2v) is 10.6. The second kappa shape index (κ2) is 8.93. The van der Waals surface area contributed by atoms with E-state index in [9.17, 15) is 13.2 Å². The highest BCUT2D eigenvalue weighted by molar-refractivity contribution is 7.89. The molecule has 3 rings (SSSR count). The number of rotatable bonds is 5. The molecule has 2 heterocycles. The summed E-state index contributed by atoms with van der Waals surface area (Å²) >= 11 is 0. The predicted octanol–water partition coefficient (Wildman–Crippen LogP) is 3.17. The van der Waals surface area contributed by atoms with Gasteiger partial charge in [-0.25, -0.2) is 8.42 Å². The van der Waals surface area contributed by atoms with E-state index in [-0.39, 0.29) is 10.8 Å². The van der Waals surface area contributed by atoms with Gasteiger partial charge in [-0.2, -0.15) is 4.31 Å². The molecule has 7 heteroatoms. The lowest BCUT2D eigenvalue weighted by Gasteiger charge is -2.34. The van der Waals surface area contributed by atoms with E-state index in [0.717, 1.165) is 25.8 Å². The van der Waals surface area contributed by atoms with Crippen LogP contribution in [0.1, 0.15) is 46.5 Å². The average Bonchev–Trinajstić information content (AvgIpc) is 2.63. The number of likely N-dealkylation sites (tertiary alicyclic amines) is 1. The van der Waals surface area contributed by atoms with Gasteiger partial charge in [0.1, 0.15) is 0 Å². The lowest BCUT2D eigenvalue weighted by Crippen LogP contribution is -2.42. The van der Waals surface area contributed by atoms with E-state index in [1.165, 1.54) is 6.42 Å². The van der Waals surface area contributed by atoms with Crippen LogP contribution < -0.4 is 5.32 Å². The number of carbonyl (C=O) groups is 1. The van der Waals surface area contributed by atoms with Crippen LogP contribution in [0.25, 0.3) is 0 Å². The van der Waals surface area contributed by atoms with Crippen molar-refractivity contribution in [3.8, 4) is 0 Å². The maximum atomic E-state index is 12.9. The van der Waals surface area contributed by atoms with Crippen LogP contribution in [0, 0.1) is 11.8 Å². The molecule has 2 saturated heterocycles. The molecule has 28 heavy (non-hydrogen) atoms. The summed E-state index contributed by atoms with van der Waals surface area (Å²) in [6.45, 7) is 8.83. The minimum absolute atomic E-state index is 0.0527. The summed E-state index contributed by atoms with van der Waals surface area (Å²) in [6.07, 6.45) is 4.56. The maximum absolute atomic E-state index is 12.9. The molecule has 3 atom stereocenters. The summed E-state index contributed by atoms with van der Waals surface area (Å²) < 4.78 is 27.5. The number of sulfonamides is 1. The van der Waals surface area contributed by atoms with E-state index < -0.39 is 10.0 Å². The molecule has 0 radical (unpaired) electrons. The van der Waals surface area contributed by atoms with Gasteiger partial charge in [-0.15, -0.1) is 0 Å². The summed E-state index contributed by atoms with van der Waals surface area (Å²) in [6, 6.07) is 6.99. The molecule has 1 N–H and O–H groups in total. The van der Waals surface area contributed by atoms with Crippen molar-refractivity contribution < 1.29 is 13.2 Å². The number of carbonyl (C=O) groups excluding carboxylic acids is 1. The molecule has 0 saturated carbocycles. The summed E-state index contributed by atoms with van der Waals surface area (Å²) in [5.41, 5.74) is 0.633. The zero-order valence-electron chi connectivity index (χ0n) is 17.2. The molecular weight excluding hydrogens is 374 g/mol. The summed E-state index contributed by atoms with van der Waals surface area (Å²) in [7, 11) is -3.49. The molecule has 1 aromatic carbocycles. The SMILES string of the molecule is C[C@@H]1C[C@H](C)CN(S(=O)(=O)c2ccc(NC(=O)CN3CCCC[C@@H]3C)cc2)C1. The van der Waals surface area contributed by atoms with Gasteiger partial charge in [0, 0.05) is 24.8 Å². The molecule has 0 aromatic heterocycles. The van der Waals surface area contributed by atoms with E-state index >= 15 is 0 Å². The van der Waals surface area contributed by atoms with Crippen LogP contribution in [0.15, 0.2) is 29.2 Å². The molecule has 0 bridgehead atoms. The number of hydrogen-bond donors (Lipinski definition) is 1. The fourth-order valence-corrected chi connectivity index (χ4v) is 6.12. The van der Waals surface area contributed by atoms with E-state index in [1.54, 1.807) is 28.6 Å². The van der Waals surface area contributed by atoms with Crippen molar-refractivity contribution in [2.24, 2.45) is 11.8 Å². The van der Waals surface area contributed by atoms with Gasteiger partial charge in [0.25, 0.3) is 0 Å². The van der Waals surface area contributed by atoms with Crippen LogP contribution in [0.3, 0.4) is 0 Å². The Morgan fingerprint density at radius 2 is 1.71 bits per heavy atom. The molecule has 2 fully saturated rings. The van der Waals surface area contributed by atoms with Gasteiger partial charge in [0.15, 0.2) is 0 Å². The third kappa shape index (κ3) is 5.13. The first-order valence-corrected chi connectivity index (χ1v) is 11.8. The number of piperidine rings is 2. The molecule has 6 nitrogen and oxygen atoms in total. The van der Waals surface area contributed by atoms with Gasteiger partial charge in [-0.3, -0.25) is 9.69 Å². The first-order chi connectivity index (χ1) is 13.3. The zero-order valence-corrected chi connectivity index (χ0v) is 18.0. The molecule has 2 aliphatic heterocycles. The van der Waals surface area contributed by atoms with Crippen LogP contribution in [-0.4, -0.2) is 55.8 Å². The second-order valence-electron chi connectivity index (χ2n) is 8.66. The monoisotopic (exact) mass is 407 g/mol. The molecule has 156 valence electrons. The fourth-order valence-electron chi connectivity index (χ4n) is 4.44. The minimum Gasteiger partial charge on any atom is -0.325 e. The maximum Gasteiger partial charge on any atom is 0.243 e. The average molecular weight is 408 g/mol. The molecule has 1 aromatic rings. The Morgan fingerprint density at radius 1 is 1.07 bits per heavy atom. The Labute approximate surface area is 169 Å². The van der Waals surface area contributed by atoms with E-state index in [4.69, 9.17) is 0 Å². The van der Waals surface area contributed by atoms with Crippen molar-refractivity contribution in [3.63, 3.8) is 0 Å². The zero-order chi connectivity index (χ0) is 20.3. The Hall–Kier alpha value is -1.44. The van der Waals surface area contributed by atoms with Crippen LogP contribution in [-0.2, 0) is 14.8 Å². The van der Waals surface area contributed by atoms with Gasteiger partial charge in [0.2, 0.25) is 15.9 Å². The Bertz CT molecular complexity index is 769. The molecule has 2 aliphatic rings. The first-order valence-electron chi connectivity index (χ1n) is 10.4. The molecule has 0 spiro atoms. The summed E-state index contributed by atoms with van der Waals surface area (Å²) in [5.74, 6) is 0.687. The van der Waals surface area contributed by atoms with Gasteiger partial charge < -0.3 is 5.32 Å². The van der Waals surface area contributed by atoms with E-state index in [0.29, 0.717) is 43.2 Å². The van der Waals surface area contributed by atoms with Crippen molar-refractivity contribution >= 4 is 21.6 Å². The lowest BCUT2D eigenvalue weighted by atomic mass is 9.94. The third-order valence-electron chi connectivity index (χ3n) is 5.90. The minimum atomic E-state index is -3.49. The van der Waals surface area contributed by atoms with Gasteiger partial charge in [0.05, 0.1) is 11.4 Å². The quantitative estimate of drug-likeness (QED) is 0.814. The number of nitrogens with zero attached hydrogens (tertiary/aromatic N) is 2. The summed E-state index contributed by atoms with van der Waals surface area (Å²) in [4.78, 5) is 14.8. The van der Waals surface area contributed by atoms with Crippen molar-refractivity contribution in [1.29, 1.82) is 0 Å². The Balaban J connectivity index is 1.62. The smallest absolute Gasteiger partial charge is 0.243 e. The Kier molecular flexibility index (Phi) is 6.78. The highest BCUT2D eigenvalue weighted by atomic mass is 32.2. The standard InChI is InChI=1S/C21H33N3O3S/c1-16-12-17(2)14-24(13-16)28(26,27)20-9-7-19(8-10-20)22-21(25)15-23-11-5-4-6-18(23)3/h7-10,16-18H,4-6,11-15H2,1-3H3,(H,22,25)/t16-,17+,18-/m0/s1. The van der Waals surface area contributed by atoms with Crippen molar-refractivity contribution in [2.75, 3.05) is 31.5 Å². The number of anilines is 1. The Morgan fingerprint density at radius 3 is 2.32 bits per heavy atom. The van der Waals surface area contributed by atoms with Crippen LogP contribution >= 0.6 is 0 Å². The predicted molar refractivity (Wildman–Crippen MR) is 112 cm³/mol. The topological polar surface area (TPSA) is 69.7 Å². The van der Waals surface area contributed by atoms with Gasteiger partial charge in [-0.1, -0.05) is 20.3 Å². The van der Waals surface area contributed by atoms with Crippen molar-refractivity contribution in [2.45, 2.75) is 57.4 Å². The van der Waals surface area contributed by atoms with Crippen molar-refractivity contribution in [1.82, 2.24) is 9.21 Å². The highest BCUT2D eigenvalue weighted by Gasteiger charge is 2.31. The van der Waals surface area contributed by atoms with Gasteiger partial charge >= 0.3 is 0 Å². The van der Waals surface area contributed by atoms with E-state index in [1.807, 2.05) is 0 Å². The lowest BCUT2D eigenvalue weighted by molar-refractivity contribution is -0.118. The molecular formula is C21H33N3O3S. The number of nitrogens with one attached hydrogen (secondary N) is 1. The van der Waals surface area contributed by atoms with Crippen LogP contribution in [0.5, 0.6) is 0 Å². The largest absolute Gasteiger partial charge is 0.325 e. The molecule has 0 aliphatic carbocycles. The fraction of sp³-hybridized carbons (Fsp3) is 0.667.